The number of rotatable bonds is 12. The van der Waals surface area contributed by atoms with Crippen molar-refractivity contribution in [1.29, 1.82) is 0 Å². The molecule has 0 amide bonds. The first kappa shape index (κ1) is 86.3. The molecule has 149 heavy (non-hydrogen) atoms. The second-order valence-corrected chi connectivity index (χ2v) is 40.1. The van der Waals surface area contributed by atoms with Crippen LogP contribution >= 0.6 is 0 Å². The van der Waals surface area contributed by atoms with Crippen molar-refractivity contribution in [2.45, 2.75) is 19.3 Å². The lowest BCUT2D eigenvalue weighted by Crippen LogP contribution is -2.15. The molecule has 0 unspecified atom stereocenters. The van der Waals surface area contributed by atoms with Crippen molar-refractivity contribution in [1.82, 2.24) is 27.4 Å². The fourth-order valence-electron chi connectivity index (χ4n) is 24.7. The van der Waals surface area contributed by atoms with E-state index in [1.807, 2.05) is 0 Å². The highest BCUT2D eigenvalue weighted by molar-refractivity contribution is 6.18. The molecule has 1 aliphatic carbocycles. The van der Waals surface area contributed by atoms with Gasteiger partial charge in [-0.05, 0) is 246 Å². The maximum Gasteiger partial charge on any atom is 0.0541 e. The molecule has 698 valence electrons. The average molecular weight is 1900 g/mol. The van der Waals surface area contributed by atoms with Crippen molar-refractivity contribution in [2.75, 3.05) is 0 Å². The third kappa shape index (κ3) is 14.1. The summed E-state index contributed by atoms with van der Waals surface area (Å²) < 4.78 is 14.6. The van der Waals surface area contributed by atoms with Crippen molar-refractivity contribution in [3.8, 4) is 112 Å². The van der Waals surface area contributed by atoms with E-state index in [1.54, 1.807) is 0 Å². The molecule has 31 rings (SSSR count). The van der Waals surface area contributed by atoms with Gasteiger partial charge in [-0.2, -0.15) is 0 Å². The summed E-state index contributed by atoms with van der Waals surface area (Å²) in [6.07, 6.45) is 0. The summed E-state index contributed by atoms with van der Waals surface area (Å²) in [5, 5.41) is 20.1. The number of para-hydroxylation sites is 9. The summed E-state index contributed by atoms with van der Waals surface area (Å²) in [6.45, 7) is 4.71. The maximum absolute atomic E-state index is 2.45. The van der Waals surface area contributed by atoms with Crippen LogP contribution in [0.1, 0.15) is 25.0 Å². The van der Waals surface area contributed by atoms with E-state index in [1.165, 1.54) is 276 Å². The molecule has 1 aliphatic rings. The third-order valence-corrected chi connectivity index (χ3v) is 31.5. The Bertz CT molecular complexity index is 10700. The maximum atomic E-state index is 2.45. The molecule has 24 aromatic carbocycles. The van der Waals surface area contributed by atoms with Crippen LogP contribution in [0.4, 0.5) is 0 Å². The lowest BCUT2D eigenvalue weighted by Gasteiger charge is -2.22. The molecule has 30 aromatic rings. The van der Waals surface area contributed by atoms with Crippen molar-refractivity contribution in [3.63, 3.8) is 0 Å². The highest BCUT2D eigenvalue weighted by atomic mass is 15.0. The zero-order valence-electron chi connectivity index (χ0n) is 82.1. The summed E-state index contributed by atoms with van der Waals surface area (Å²) in [7, 11) is 0. The van der Waals surface area contributed by atoms with Gasteiger partial charge >= 0.3 is 0 Å². The molecule has 0 fully saturated rings. The van der Waals surface area contributed by atoms with Crippen LogP contribution < -0.4 is 0 Å². The molecule has 0 aliphatic heterocycles. The molecule has 0 saturated heterocycles. The Morgan fingerprint density at radius 1 is 0.128 bits per heavy atom. The zero-order chi connectivity index (χ0) is 98.5. The van der Waals surface area contributed by atoms with Crippen LogP contribution in [0.25, 0.3) is 264 Å². The molecule has 0 saturated carbocycles. The van der Waals surface area contributed by atoms with Gasteiger partial charge in [0, 0.05) is 104 Å². The molecule has 6 aromatic heterocycles. The Hall–Kier alpha value is -19.4. The first-order valence-corrected chi connectivity index (χ1v) is 51.6. The fraction of sp³-hybridized carbons (Fsp3) is 0.0210. The SMILES string of the molecule is CC1(C)c2ccccc2-c2ccc(-n3c4ccccc4c4cc(-c5ccc6c(c5)c5ccccc5n6-c5ccccc5-c5ccccc5)ccc43)cc21.c1ccc(-c2ccccc2-n2c3ccccc3c3cc(-c4ccc5c(c4)c4ccccc4n5-c4ccc5ccccc5c4)ccc32)cc1.c1ccc(-c2ccccc2-n2c3ccccc3c3cc(-c4ccc5c(c4)c4ccccc4n5-c4cccc5ccccc45)ccc32)cc1. The number of aromatic nitrogens is 6. The van der Waals surface area contributed by atoms with Crippen LogP contribution in [-0.4, -0.2) is 27.4 Å². The van der Waals surface area contributed by atoms with Gasteiger partial charge in [0.15, 0.2) is 0 Å². The predicted octanol–water partition coefficient (Wildman–Crippen LogP) is 38.3. The monoisotopic (exact) mass is 1900 g/mol. The molecular weight excluding hydrogens is 1800 g/mol. The summed E-state index contributed by atoms with van der Waals surface area (Å²) in [5.74, 6) is 0. The lowest BCUT2D eigenvalue weighted by molar-refractivity contribution is 0.660. The largest absolute Gasteiger partial charge is 0.309 e. The second kappa shape index (κ2) is 35.0. The molecule has 6 nitrogen and oxygen atoms in total. The Morgan fingerprint density at radius 3 is 0.752 bits per heavy atom. The minimum absolute atomic E-state index is 0.0563. The molecule has 6 heteroatoms. The van der Waals surface area contributed by atoms with Crippen molar-refractivity contribution >= 4 is 152 Å². The smallest absolute Gasteiger partial charge is 0.0541 e. The third-order valence-electron chi connectivity index (χ3n) is 31.5. The Labute approximate surface area is 861 Å². The van der Waals surface area contributed by atoms with Gasteiger partial charge in [-0.25, -0.2) is 0 Å². The zero-order valence-corrected chi connectivity index (χ0v) is 82.1. The van der Waals surface area contributed by atoms with Gasteiger partial charge in [0.2, 0.25) is 0 Å². The highest BCUT2D eigenvalue weighted by Gasteiger charge is 2.36. The summed E-state index contributed by atoms with van der Waals surface area (Å²) in [4.78, 5) is 0. The number of fused-ring (bicyclic) bond motifs is 23. The number of hydrogen-bond acceptors (Lipinski definition) is 0. The van der Waals surface area contributed by atoms with Gasteiger partial charge in [-0.15, -0.1) is 0 Å². The van der Waals surface area contributed by atoms with E-state index in [4.69, 9.17) is 0 Å². The Kier molecular flexibility index (Phi) is 20.3. The van der Waals surface area contributed by atoms with E-state index in [0.29, 0.717) is 0 Å². The minimum Gasteiger partial charge on any atom is -0.309 e. The predicted molar refractivity (Wildman–Crippen MR) is 631 cm³/mol. The van der Waals surface area contributed by atoms with E-state index in [2.05, 4.69) is 587 Å². The van der Waals surface area contributed by atoms with Crippen LogP contribution in [0.5, 0.6) is 0 Å². The molecule has 0 spiro atoms. The van der Waals surface area contributed by atoms with Crippen molar-refractivity contribution in [3.05, 3.63) is 557 Å². The topological polar surface area (TPSA) is 29.6 Å². The van der Waals surface area contributed by atoms with Crippen LogP contribution in [0.2, 0.25) is 0 Å². The van der Waals surface area contributed by atoms with E-state index in [0.717, 1.165) is 0 Å². The molecule has 0 N–H and O–H groups in total. The van der Waals surface area contributed by atoms with Gasteiger partial charge < -0.3 is 27.4 Å². The Morgan fingerprint density at radius 2 is 0.376 bits per heavy atom. The van der Waals surface area contributed by atoms with Gasteiger partial charge in [0.1, 0.15) is 0 Å². The average Bonchev–Trinajstić information content (AvgIpc) is 1.56. The van der Waals surface area contributed by atoms with Crippen LogP contribution in [0, 0.1) is 0 Å². The fourth-order valence-corrected chi connectivity index (χ4v) is 24.7. The molecule has 0 bridgehead atoms. The number of hydrogen-bond donors (Lipinski definition) is 0. The summed E-state index contributed by atoms with van der Waals surface area (Å²) >= 11 is 0. The van der Waals surface area contributed by atoms with E-state index in [-0.39, 0.29) is 5.41 Å². The van der Waals surface area contributed by atoms with Gasteiger partial charge in [-0.3, -0.25) is 0 Å². The second-order valence-electron chi connectivity index (χ2n) is 40.1. The molecule has 0 radical (unpaired) electrons. The number of benzene rings is 24. The standard InChI is InChI=1S/C51H36N2.2C46H30N2/c1-51(2)44-20-10-6-17-38(44)39-27-26-36(32-45(39)51)52-47-22-12-8-18-40(47)42-30-34(24-28-49(42)52)35-25-29-50-43(31-35)41-19-9-13-23-48(41)53(50)46-21-11-7-16-37(46)33-14-4-3-5-15-33;1-2-13-31(14-3-1)35-18-6-9-21-41(35)47-43-22-10-7-19-37(43)39-29-33(25-27-45(39)47)34-26-28-46-40(30-34)38-20-8-11-23-44(38)48(46)42-24-12-16-32-15-4-5-17-36(32)42;1-2-13-32(14-3-1)37-16-6-9-19-42(37)48-44-21-11-8-18-39(44)41-30-35(24-27-46(41)48)34-23-26-45-40(29-34)38-17-7-10-20-43(38)47(45)36-25-22-31-12-4-5-15-33(31)28-36/h3-32H,1-2H3;2*1-30H. The molecule has 0 atom stereocenters. The van der Waals surface area contributed by atoms with Crippen molar-refractivity contribution < 1.29 is 0 Å². The lowest BCUT2D eigenvalue weighted by atomic mass is 9.82. The molecule has 6 heterocycles. The van der Waals surface area contributed by atoms with Crippen LogP contribution in [0.3, 0.4) is 0 Å². The van der Waals surface area contributed by atoms with Crippen LogP contribution in [0.15, 0.2) is 546 Å². The molecular formula is C143H96N6. The van der Waals surface area contributed by atoms with Gasteiger partial charge in [-0.1, -0.05) is 402 Å². The summed E-state index contributed by atoms with van der Waals surface area (Å²) in [6, 6.07) is 199. The first-order valence-electron chi connectivity index (χ1n) is 51.6. The minimum atomic E-state index is -0.0563. The normalized spacial score (nSPS) is 12.3. The van der Waals surface area contributed by atoms with Gasteiger partial charge in [0.05, 0.1) is 88.9 Å². The number of nitrogens with zero attached hydrogens (tertiary/aromatic N) is 6. The quantitative estimate of drug-likeness (QED) is 0.117. The van der Waals surface area contributed by atoms with E-state index in [9.17, 15) is 0 Å². The summed E-state index contributed by atoms with van der Waals surface area (Å²) in [5.41, 5.74) is 41.7. The van der Waals surface area contributed by atoms with E-state index < -0.39 is 0 Å². The van der Waals surface area contributed by atoms with Crippen molar-refractivity contribution in [2.24, 2.45) is 0 Å². The van der Waals surface area contributed by atoms with Gasteiger partial charge in [0.25, 0.3) is 0 Å². The first-order chi connectivity index (χ1) is 73.7. The Balaban J connectivity index is 0.000000105. The highest BCUT2D eigenvalue weighted by Crippen LogP contribution is 2.52. The van der Waals surface area contributed by atoms with Crippen LogP contribution in [-0.2, 0) is 5.41 Å². The van der Waals surface area contributed by atoms with E-state index >= 15 is 0 Å².